The second-order valence-electron chi connectivity index (χ2n) is 7.78. The fourth-order valence-corrected chi connectivity index (χ4v) is 5.61. The van der Waals surface area contributed by atoms with E-state index in [0.717, 1.165) is 23.2 Å². The lowest BCUT2D eigenvalue weighted by atomic mass is 10.0. The lowest BCUT2D eigenvalue weighted by Gasteiger charge is -2.49. The molecule has 0 aliphatic carbocycles. The van der Waals surface area contributed by atoms with Gasteiger partial charge in [-0.05, 0) is 18.1 Å². The zero-order chi connectivity index (χ0) is 25.4. The number of nitrogens with two attached hydrogens (primary N) is 1. The molecule has 4 heterocycles. The van der Waals surface area contributed by atoms with Crippen LogP contribution in [0, 0.1) is 0 Å². The lowest BCUT2D eigenvalue weighted by Crippen LogP contribution is -2.71. The highest BCUT2D eigenvalue weighted by Gasteiger charge is 2.54. The fourth-order valence-electron chi connectivity index (χ4n) is 3.76. The number of aliphatic carboxylic acids is 1. The summed E-state index contributed by atoms with van der Waals surface area (Å²) in [7, 11) is 1.66. The quantitative estimate of drug-likeness (QED) is 0.145. The van der Waals surface area contributed by atoms with Gasteiger partial charge in [-0.25, -0.2) is 14.6 Å². The number of hydrogen-bond acceptors (Lipinski definition) is 11. The topological polar surface area (TPSA) is 185 Å². The normalized spacial score (nSPS) is 23.4. The third kappa shape index (κ3) is 4.64. The first-order chi connectivity index (χ1) is 16.6. The van der Waals surface area contributed by atoms with Gasteiger partial charge in [0.15, 0.2) is 10.8 Å². The predicted molar refractivity (Wildman–Crippen MR) is 125 cm³/mol. The van der Waals surface area contributed by atoms with Crippen LogP contribution in [-0.2, 0) is 28.8 Å². The van der Waals surface area contributed by atoms with Gasteiger partial charge in [-0.3, -0.25) is 19.3 Å². The van der Waals surface area contributed by atoms with Crippen molar-refractivity contribution >= 4 is 63.6 Å². The molecule has 184 valence electrons. The van der Waals surface area contributed by atoms with E-state index in [-0.39, 0.29) is 33.9 Å². The molecule has 2 fully saturated rings. The van der Waals surface area contributed by atoms with E-state index in [4.69, 9.17) is 5.73 Å². The Hall–Kier alpha value is -3.72. The molecule has 0 aromatic carbocycles. The Morgan fingerprint density at radius 1 is 1.37 bits per heavy atom. The number of aromatic nitrogens is 1. The van der Waals surface area contributed by atoms with Crippen molar-refractivity contribution in [3.63, 3.8) is 0 Å². The highest BCUT2D eigenvalue weighted by Crippen LogP contribution is 2.41. The van der Waals surface area contributed by atoms with Crippen molar-refractivity contribution in [1.82, 2.24) is 20.1 Å². The summed E-state index contributed by atoms with van der Waals surface area (Å²) in [6.07, 6.45) is 2.02. The molecule has 0 bridgehead atoms. The summed E-state index contributed by atoms with van der Waals surface area (Å²) in [5.74, 6) is -3.52. The maximum absolute atomic E-state index is 12.9. The van der Waals surface area contributed by atoms with Gasteiger partial charge < -0.3 is 25.9 Å². The summed E-state index contributed by atoms with van der Waals surface area (Å²) >= 11 is 2.29. The number of carboxylic acid groups (broad SMARTS) is 1. The maximum Gasteiger partial charge on any atom is 0.352 e. The van der Waals surface area contributed by atoms with Crippen LogP contribution < -0.4 is 11.1 Å². The van der Waals surface area contributed by atoms with E-state index in [0.29, 0.717) is 24.1 Å². The van der Waals surface area contributed by atoms with Crippen molar-refractivity contribution in [1.29, 1.82) is 0 Å². The second kappa shape index (κ2) is 9.50. The number of carboxylic acids is 1. The number of nitrogens with zero attached hydrogens (tertiary/aromatic N) is 4. The number of carbonyl (C=O) groups is 5. The number of fused-ring (bicyclic) bond motifs is 1. The molecule has 0 spiro atoms. The Morgan fingerprint density at radius 2 is 2.11 bits per heavy atom. The molecule has 3 amide bonds. The average Bonchev–Trinajstić information content (AvgIpc) is 3.37. The Balaban J connectivity index is 1.56. The first kappa shape index (κ1) is 24.4. The van der Waals surface area contributed by atoms with E-state index >= 15 is 0 Å². The summed E-state index contributed by atoms with van der Waals surface area (Å²) in [5, 5.41) is 16.8. The molecule has 3 aliphatic heterocycles. The van der Waals surface area contributed by atoms with Crippen LogP contribution in [0.4, 0.5) is 5.13 Å². The molecule has 1 aromatic heterocycles. The zero-order valence-corrected chi connectivity index (χ0v) is 20.1. The van der Waals surface area contributed by atoms with Gasteiger partial charge in [0.2, 0.25) is 5.91 Å². The minimum atomic E-state index is -1.31. The van der Waals surface area contributed by atoms with Crippen LogP contribution in [0.15, 0.2) is 33.5 Å². The van der Waals surface area contributed by atoms with Gasteiger partial charge >= 0.3 is 11.9 Å². The van der Waals surface area contributed by atoms with Crippen LogP contribution in [0.25, 0.3) is 0 Å². The first-order valence-electron chi connectivity index (χ1n) is 10.2. The van der Waals surface area contributed by atoms with Crippen molar-refractivity contribution in [2.45, 2.75) is 24.8 Å². The number of anilines is 1. The van der Waals surface area contributed by atoms with Crippen molar-refractivity contribution in [2.75, 3.05) is 25.1 Å². The SMILES string of the molecule is CC(=O)ON=C(C(=O)N[C@@H]1C(=O)N2C(C(=O)O)=C(C=C3CCN(C)C3=O)CS[C@H]12)c1csc(N)n1. The summed E-state index contributed by atoms with van der Waals surface area (Å²) < 4.78 is 0. The molecule has 4 N–H and O–H groups in total. The molecule has 15 heteroatoms. The Kier molecular flexibility index (Phi) is 6.62. The minimum absolute atomic E-state index is 0.0532. The number of allylic oxidation sites excluding steroid dienone is 1. The fraction of sp³-hybridized carbons (Fsp3) is 0.350. The number of likely N-dealkylation sites (N-methyl/N-ethyl adjacent to an activating group) is 1. The molecule has 1 aromatic rings. The molecule has 35 heavy (non-hydrogen) atoms. The van der Waals surface area contributed by atoms with Crippen molar-refractivity contribution < 1.29 is 33.9 Å². The van der Waals surface area contributed by atoms with Crippen LogP contribution in [0.5, 0.6) is 0 Å². The van der Waals surface area contributed by atoms with E-state index in [2.05, 4.69) is 20.3 Å². The molecule has 4 rings (SSSR count). The van der Waals surface area contributed by atoms with E-state index < -0.39 is 35.2 Å². The molecular formula is C20H20N6O7S2. The second-order valence-corrected chi connectivity index (χ2v) is 9.77. The van der Waals surface area contributed by atoms with Gasteiger partial charge in [-0.15, -0.1) is 23.1 Å². The number of nitrogens with one attached hydrogen (secondary N) is 1. The van der Waals surface area contributed by atoms with E-state index in [9.17, 15) is 29.1 Å². The highest BCUT2D eigenvalue weighted by atomic mass is 32.2. The van der Waals surface area contributed by atoms with Crippen LogP contribution in [-0.4, -0.2) is 86.0 Å². The Bertz CT molecular complexity index is 1240. The number of likely N-dealkylation sites (tertiary alicyclic amines) is 1. The predicted octanol–water partition coefficient (Wildman–Crippen LogP) is -0.480. The first-order valence-corrected chi connectivity index (χ1v) is 12.2. The summed E-state index contributed by atoms with van der Waals surface area (Å²) in [6, 6.07) is -1.05. The van der Waals surface area contributed by atoms with Gasteiger partial charge in [0.25, 0.3) is 11.8 Å². The molecule has 0 saturated carbocycles. The molecule has 2 atom stereocenters. The van der Waals surface area contributed by atoms with Gasteiger partial charge in [-0.1, -0.05) is 5.16 Å². The van der Waals surface area contributed by atoms with E-state index in [1.165, 1.54) is 28.1 Å². The number of oxime groups is 1. The van der Waals surface area contributed by atoms with Crippen molar-refractivity contribution in [3.8, 4) is 0 Å². The zero-order valence-electron chi connectivity index (χ0n) is 18.5. The van der Waals surface area contributed by atoms with Gasteiger partial charge in [0.1, 0.15) is 22.8 Å². The third-order valence-electron chi connectivity index (χ3n) is 5.42. The summed E-state index contributed by atoms with van der Waals surface area (Å²) in [4.78, 5) is 72.4. The van der Waals surface area contributed by atoms with Crippen molar-refractivity contribution in [3.05, 3.63) is 34.0 Å². The number of thioether (sulfide) groups is 1. The number of thiazole rings is 1. The Morgan fingerprint density at radius 3 is 2.69 bits per heavy atom. The van der Waals surface area contributed by atoms with Crippen LogP contribution in [0.1, 0.15) is 19.0 Å². The summed E-state index contributed by atoms with van der Waals surface area (Å²) in [5.41, 5.74) is 5.92. The standard InChI is InChI=1S/C20H20N6O7S2/c1-8(27)33-24-12(11-7-35-20(21)22-11)15(28)23-13-17(30)26-14(19(31)32)10(6-34-18(13)26)5-9-3-4-25(2)16(9)29/h5,7,13,18H,3-4,6H2,1-2H3,(H2,21,22)(H,23,28)(H,31,32)/t13-,18-/m1/s1. The lowest BCUT2D eigenvalue weighted by molar-refractivity contribution is -0.150. The van der Waals surface area contributed by atoms with Crippen LogP contribution >= 0.6 is 23.1 Å². The monoisotopic (exact) mass is 520 g/mol. The summed E-state index contributed by atoms with van der Waals surface area (Å²) in [6.45, 7) is 1.64. The average molecular weight is 521 g/mol. The van der Waals surface area contributed by atoms with Gasteiger partial charge in [0, 0.05) is 37.2 Å². The molecule has 13 nitrogen and oxygen atoms in total. The number of hydrogen-bond donors (Lipinski definition) is 3. The molecule has 3 aliphatic rings. The number of β-lactam (4-membered cyclic amide) rings is 1. The van der Waals surface area contributed by atoms with Gasteiger partial charge in [-0.2, -0.15) is 0 Å². The smallest absolute Gasteiger partial charge is 0.352 e. The minimum Gasteiger partial charge on any atom is -0.477 e. The number of nitrogen functional groups attached to an aromatic ring is 1. The number of rotatable bonds is 6. The molecule has 0 unspecified atom stereocenters. The maximum atomic E-state index is 12.9. The largest absolute Gasteiger partial charge is 0.477 e. The Labute approximate surface area is 206 Å². The highest BCUT2D eigenvalue weighted by molar-refractivity contribution is 8.00. The van der Waals surface area contributed by atoms with Crippen molar-refractivity contribution in [2.24, 2.45) is 5.16 Å². The molecule has 2 saturated heterocycles. The number of amides is 3. The van der Waals surface area contributed by atoms with E-state index in [1.54, 1.807) is 7.05 Å². The number of carbonyl (C=O) groups excluding carboxylic acids is 4. The van der Waals surface area contributed by atoms with Gasteiger partial charge in [0.05, 0.1) is 0 Å². The molecule has 0 radical (unpaired) electrons. The molecular weight excluding hydrogens is 500 g/mol. The van der Waals surface area contributed by atoms with E-state index in [1.807, 2.05) is 0 Å². The van der Waals surface area contributed by atoms with Crippen LogP contribution in [0.3, 0.4) is 0 Å². The van der Waals surface area contributed by atoms with Crippen LogP contribution in [0.2, 0.25) is 0 Å². The third-order valence-corrected chi connectivity index (χ3v) is 7.39.